The smallest absolute Gasteiger partial charge is 0.166 e. The standard InChI is InChI=1S/C10H13ClN2S/c1-7(13-10(14)12-2)8-4-3-5-9(11)6-8/h3-7H,1-2H3,(H2,12,13,14). The number of thiocarbonyl (C=S) groups is 1. The molecule has 0 saturated heterocycles. The van der Waals surface area contributed by atoms with Gasteiger partial charge in [-0.2, -0.15) is 0 Å². The van der Waals surface area contributed by atoms with E-state index in [0.29, 0.717) is 5.11 Å². The lowest BCUT2D eigenvalue weighted by Gasteiger charge is -2.15. The molecule has 76 valence electrons. The zero-order chi connectivity index (χ0) is 10.6. The largest absolute Gasteiger partial charge is 0.366 e. The molecule has 0 amide bonds. The SMILES string of the molecule is CNC(=S)NC(C)c1cccc(Cl)c1. The molecule has 1 aromatic rings. The summed E-state index contributed by atoms with van der Waals surface area (Å²) in [5, 5.41) is 7.38. The van der Waals surface area contributed by atoms with Crippen LogP contribution in [-0.4, -0.2) is 12.2 Å². The monoisotopic (exact) mass is 228 g/mol. The highest BCUT2D eigenvalue weighted by atomic mass is 35.5. The Bertz CT molecular complexity index is 328. The van der Waals surface area contributed by atoms with Crippen LogP contribution in [0.25, 0.3) is 0 Å². The molecule has 0 bridgehead atoms. The number of benzene rings is 1. The maximum Gasteiger partial charge on any atom is 0.166 e. The normalized spacial score (nSPS) is 11.9. The zero-order valence-electron chi connectivity index (χ0n) is 8.17. The molecule has 1 aromatic carbocycles. The number of hydrogen-bond donors (Lipinski definition) is 2. The van der Waals surface area contributed by atoms with Gasteiger partial charge >= 0.3 is 0 Å². The molecule has 0 saturated carbocycles. The Balaban J connectivity index is 2.69. The van der Waals surface area contributed by atoms with Crippen LogP contribution >= 0.6 is 23.8 Å². The summed E-state index contributed by atoms with van der Waals surface area (Å²) in [5.74, 6) is 0. The summed E-state index contributed by atoms with van der Waals surface area (Å²) in [6, 6.07) is 7.89. The Kier molecular flexibility index (Phi) is 4.17. The number of rotatable bonds is 2. The van der Waals surface area contributed by atoms with Gasteiger partial charge in [0.1, 0.15) is 0 Å². The van der Waals surface area contributed by atoms with Crippen LogP contribution in [0.4, 0.5) is 0 Å². The molecule has 0 aliphatic carbocycles. The van der Waals surface area contributed by atoms with Crippen LogP contribution in [0, 0.1) is 0 Å². The molecule has 14 heavy (non-hydrogen) atoms. The summed E-state index contributed by atoms with van der Waals surface area (Å²) in [7, 11) is 1.79. The van der Waals surface area contributed by atoms with Gasteiger partial charge in [0, 0.05) is 12.1 Å². The quantitative estimate of drug-likeness (QED) is 0.761. The molecule has 2 nitrogen and oxygen atoms in total. The summed E-state index contributed by atoms with van der Waals surface area (Å²) in [6.07, 6.45) is 0. The Morgan fingerprint density at radius 2 is 2.21 bits per heavy atom. The van der Waals surface area contributed by atoms with Crippen molar-refractivity contribution in [3.8, 4) is 0 Å². The van der Waals surface area contributed by atoms with Crippen LogP contribution < -0.4 is 10.6 Å². The minimum atomic E-state index is 0.161. The fourth-order valence-electron chi connectivity index (χ4n) is 1.13. The second-order valence-corrected chi connectivity index (χ2v) is 3.84. The molecule has 2 N–H and O–H groups in total. The summed E-state index contributed by atoms with van der Waals surface area (Å²) in [4.78, 5) is 0. The van der Waals surface area contributed by atoms with Crippen molar-refractivity contribution in [2.45, 2.75) is 13.0 Å². The topological polar surface area (TPSA) is 24.1 Å². The van der Waals surface area contributed by atoms with E-state index >= 15 is 0 Å². The van der Waals surface area contributed by atoms with Crippen LogP contribution in [0.2, 0.25) is 5.02 Å². The highest BCUT2D eigenvalue weighted by molar-refractivity contribution is 7.80. The van der Waals surface area contributed by atoms with Gasteiger partial charge in [-0.3, -0.25) is 0 Å². The molecular formula is C10H13ClN2S. The van der Waals surface area contributed by atoms with Gasteiger partial charge in [0.25, 0.3) is 0 Å². The summed E-state index contributed by atoms with van der Waals surface area (Å²) in [6.45, 7) is 2.04. The molecule has 0 heterocycles. The van der Waals surface area contributed by atoms with Crippen molar-refractivity contribution in [2.75, 3.05) is 7.05 Å². The molecule has 0 aromatic heterocycles. The van der Waals surface area contributed by atoms with Gasteiger partial charge in [-0.05, 0) is 36.8 Å². The van der Waals surface area contributed by atoms with E-state index in [4.69, 9.17) is 23.8 Å². The summed E-state index contributed by atoms with van der Waals surface area (Å²) < 4.78 is 0. The van der Waals surface area contributed by atoms with Gasteiger partial charge in [0.2, 0.25) is 0 Å². The van der Waals surface area contributed by atoms with Gasteiger partial charge in [-0.15, -0.1) is 0 Å². The molecule has 4 heteroatoms. The first kappa shape index (κ1) is 11.3. The van der Waals surface area contributed by atoms with Crippen LogP contribution in [0.3, 0.4) is 0 Å². The first-order valence-electron chi connectivity index (χ1n) is 4.37. The van der Waals surface area contributed by atoms with Crippen LogP contribution in [0.15, 0.2) is 24.3 Å². The molecule has 0 aliphatic rings. The first-order chi connectivity index (χ1) is 6.63. The zero-order valence-corrected chi connectivity index (χ0v) is 9.75. The third-order valence-electron chi connectivity index (χ3n) is 1.92. The predicted molar refractivity (Wildman–Crippen MR) is 64.7 cm³/mol. The van der Waals surface area contributed by atoms with E-state index in [2.05, 4.69) is 10.6 Å². The van der Waals surface area contributed by atoms with E-state index < -0.39 is 0 Å². The molecule has 1 rings (SSSR count). The average Bonchev–Trinajstić information content (AvgIpc) is 2.17. The van der Waals surface area contributed by atoms with Gasteiger partial charge in [-0.1, -0.05) is 23.7 Å². The van der Waals surface area contributed by atoms with E-state index in [9.17, 15) is 0 Å². The summed E-state index contributed by atoms with van der Waals surface area (Å²) >= 11 is 10.9. The third-order valence-corrected chi connectivity index (χ3v) is 2.48. The van der Waals surface area contributed by atoms with E-state index in [1.807, 2.05) is 31.2 Å². The Morgan fingerprint density at radius 1 is 1.50 bits per heavy atom. The molecule has 0 aliphatic heterocycles. The van der Waals surface area contributed by atoms with Crippen molar-refractivity contribution in [3.05, 3.63) is 34.9 Å². The van der Waals surface area contributed by atoms with Crippen molar-refractivity contribution in [2.24, 2.45) is 0 Å². The van der Waals surface area contributed by atoms with Crippen LogP contribution in [-0.2, 0) is 0 Å². The van der Waals surface area contributed by atoms with Gasteiger partial charge < -0.3 is 10.6 Å². The van der Waals surface area contributed by atoms with Gasteiger partial charge in [-0.25, -0.2) is 0 Å². The Hall–Kier alpha value is -0.800. The lowest BCUT2D eigenvalue weighted by Crippen LogP contribution is -2.34. The van der Waals surface area contributed by atoms with E-state index in [0.717, 1.165) is 10.6 Å². The van der Waals surface area contributed by atoms with Gasteiger partial charge in [0.15, 0.2) is 5.11 Å². The van der Waals surface area contributed by atoms with Crippen molar-refractivity contribution in [3.63, 3.8) is 0 Å². The maximum absolute atomic E-state index is 5.88. The van der Waals surface area contributed by atoms with E-state index in [1.165, 1.54) is 0 Å². The molecule has 0 fully saturated rings. The number of hydrogen-bond acceptors (Lipinski definition) is 1. The minimum absolute atomic E-state index is 0.161. The van der Waals surface area contributed by atoms with E-state index in [1.54, 1.807) is 7.05 Å². The second-order valence-electron chi connectivity index (χ2n) is 3.00. The third kappa shape index (κ3) is 3.16. The number of halogens is 1. The summed E-state index contributed by atoms with van der Waals surface area (Å²) in [5.41, 5.74) is 1.12. The van der Waals surface area contributed by atoms with E-state index in [-0.39, 0.29) is 6.04 Å². The lowest BCUT2D eigenvalue weighted by molar-refractivity contribution is 0.709. The van der Waals surface area contributed by atoms with Crippen molar-refractivity contribution in [1.82, 2.24) is 10.6 Å². The molecule has 0 spiro atoms. The second kappa shape index (κ2) is 5.17. The van der Waals surface area contributed by atoms with Crippen LogP contribution in [0.1, 0.15) is 18.5 Å². The molecule has 1 unspecified atom stereocenters. The highest BCUT2D eigenvalue weighted by Crippen LogP contribution is 2.16. The van der Waals surface area contributed by atoms with Crippen molar-refractivity contribution < 1.29 is 0 Å². The first-order valence-corrected chi connectivity index (χ1v) is 5.16. The fraction of sp³-hybridized carbons (Fsp3) is 0.300. The Labute approximate surface area is 94.7 Å². The predicted octanol–water partition coefficient (Wildman–Crippen LogP) is 2.49. The average molecular weight is 229 g/mol. The fourth-order valence-corrected chi connectivity index (χ4v) is 1.50. The molecule has 1 atom stereocenters. The van der Waals surface area contributed by atoms with Crippen molar-refractivity contribution in [1.29, 1.82) is 0 Å². The molecule has 0 radical (unpaired) electrons. The van der Waals surface area contributed by atoms with Gasteiger partial charge in [0.05, 0.1) is 6.04 Å². The molecular weight excluding hydrogens is 216 g/mol. The maximum atomic E-state index is 5.88. The number of nitrogens with one attached hydrogen (secondary N) is 2. The lowest BCUT2D eigenvalue weighted by atomic mass is 10.1. The van der Waals surface area contributed by atoms with Crippen molar-refractivity contribution >= 4 is 28.9 Å². The highest BCUT2D eigenvalue weighted by Gasteiger charge is 2.05. The minimum Gasteiger partial charge on any atom is -0.366 e. The Morgan fingerprint density at radius 3 is 2.79 bits per heavy atom. The van der Waals surface area contributed by atoms with Crippen LogP contribution in [0.5, 0.6) is 0 Å².